The molecular weight excluding hydrogens is 339 g/mol. The number of thiazole rings is 1. The van der Waals surface area contributed by atoms with Gasteiger partial charge in [0, 0.05) is 11.6 Å². The average Bonchev–Trinajstić information content (AvgIpc) is 3.02. The van der Waals surface area contributed by atoms with Gasteiger partial charge in [-0.25, -0.2) is 17.8 Å². The van der Waals surface area contributed by atoms with Crippen molar-refractivity contribution in [3.63, 3.8) is 0 Å². The van der Waals surface area contributed by atoms with Crippen LogP contribution in [0.15, 0.2) is 24.3 Å². The molecule has 23 heavy (non-hydrogen) atoms. The molecule has 1 atom stereocenters. The predicted octanol–water partition coefficient (Wildman–Crippen LogP) is 2.17. The van der Waals surface area contributed by atoms with Crippen molar-refractivity contribution in [1.82, 2.24) is 10.3 Å². The van der Waals surface area contributed by atoms with Crippen LogP contribution >= 0.6 is 11.3 Å². The van der Waals surface area contributed by atoms with E-state index in [1.54, 1.807) is 19.1 Å². The van der Waals surface area contributed by atoms with E-state index in [4.69, 9.17) is 0 Å². The van der Waals surface area contributed by atoms with Crippen molar-refractivity contribution >= 4 is 27.1 Å². The SMILES string of the molecule is Cc1nc(-c2ccc(F)cc2)sc1C(=O)N[C@@H]1CCS(=O)(=O)C1. The van der Waals surface area contributed by atoms with Gasteiger partial charge < -0.3 is 5.32 Å². The quantitative estimate of drug-likeness (QED) is 0.917. The first-order chi connectivity index (χ1) is 10.8. The Balaban J connectivity index is 1.78. The first kappa shape index (κ1) is 16.1. The molecule has 122 valence electrons. The number of aromatic nitrogens is 1. The van der Waals surface area contributed by atoms with Gasteiger partial charge in [-0.2, -0.15) is 0 Å². The first-order valence-corrected chi connectivity index (χ1v) is 9.72. The number of hydrogen-bond acceptors (Lipinski definition) is 5. The summed E-state index contributed by atoms with van der Waals surface area (Å²) < 4.78 is 35.9. The zero-order chi connectivity index (χ0) is 16.6. The molecule has 2 heterocycles. The standard InChI is InChI=1S/C15H15FN2O3S2/c1-9-13(14(19)18-12-6-7-23(20,21)8-12)22-15(17-9)10-2-4-11(16)5-3-10/h2-5,12H,6-8H2,1H3,(H,18,19)/t12-/m1/s1. The summed E-state index contributed by atoms with van der Waals surface area (Å²) in [7, 11) is -3.04. The van der Waals surface area contributed by atoms with Crippen molar-refractivity contribution in [3.05, 3.63) is 40.7 Å². The molecule has 1 aliphatic heterocycles. The van der Waals surface area contributed by atoms with Crippen LogP contribution in [0.4, 0.5) is 4.39 Å². The molecule has 0 aliphatic carbocycles. The maximum atomic E-state index is 13.0. The molecule has 0 spiro atoms. The van der Waals surface area contributed by atoms with Crippen LogP contribution in [-0.2, 0) is 9.84 Å². The molecule has 5 nitrogen and oxygen atoms in total. The van der Waals surface area contributed by atoms with Crippen LogP contribution in [0.3, 0.4) is 0 Å². The Kier molecular flexibility index (Phi) is 4.20. The van der Waals surface area contributed by atoms with Crippen molar-refractivity contribution in [2.24, 2.45) is 0 Å². The molecule has 0 saturated carbocycles. The summed E-state index contributed by atoms with van der Waals surface area (Å²) >= 11 is 1.21. The zero-order valence-corrected chi connectivity index (χ0v) is 14.0. The molecule has 1 N–H and O–H groups in total. The van der Waals surface area contributed by atoms with Gasteiger partial charge in [0.05, 0.1) is 17.2 Å². The molecule has 0 unspecified atom stereocenters. The molecule has 1 aromatic carbocycles. The van der Waals surface area contributed by atoms with Crippen LogP contribution in [0, 0.1) is 12.7 Å². The lowest BCUT2D eigenvalue weighted by atomic mass is 10.2. The number of carbonyl (C=O) groups excluding carboxylic acids is 1. The Hall–Kier alpha value is -1.80. The van der Waals surface area contributed by atoms with Crippen molar-refractivity contribution < 1.29 is 17.6 Å². The number of nitrogens with one attached hydrogen (secondary N) is 1. The molecule has 1 saturated heterocycles. The molecule has 2 aromatic rings. The van der Waals surface area contributed by atoms with Gasteiger partial charge in [-0.05, 0) is 37.6 Å². The van der Waals surface area contributed by atoms with Gasteiger partial charge >= 0.3 is 0 Å². The number of benzene rings is 1. The maximum Gasteiger partial charge on any atom is 0.263 e. The van der Waals surface area contributed by atoms with Crippen molar-refractivity contribution in [2.75, 3.05) is 11.5 Å². The number of aryl methyl sites for hydroxylation is 1. The maximum absolute atomic E-state index is 13.0. The van der Waals surface area contributed by atoms with Gasteiger partial charge in [-0.1, -0.05) is 0 Å². The van der Waals surface area contributed by atoms with E-state index in [1.807, 2.05) is 0 Å². The van der Waals surface area contributed by atoms with E-state index in [0.29, 0.717) is 22.0 Å². The van der Waals surface area contributed by atoms with Crippen molar-refractivity contribution in [3.8, 4) is 10.6 Å². The molecule has 1 aromatic heterocycles. The van der Waals surface area contributed by atoms with Gasteiger partial charge in [-0.3, -0.25) is 4.79 Å². The number of nitrogens with zero attached hydrogens (tertiary/aromatic N) is 1. The third kappa shape index (κ3) is 3.59. The minimum atomic E-state index is -3.04. The van der Waals surface area contributed by atoms with Gasteiger partial charge in [-0.15, -0.1) is 11.3 Å². The molecule has 1 amide bonds. The summed E-state index contributed by atoms with van der Waals surface area (Å²) in [6.07, 6.45) is 0.441. The monoisotopic (exact) mass is 354 g/mol. The lowest BCUT2D eigenvalue weighted by molar-refractivity contribution is 0.0944. The number of rotatable bonds is 3. The minimum Gasteiger partial charge on any atom is -0.347 e. The molecule has 0 bridgehead atoms. The van der Waals surface area contributed by atoms with Crippen LogP contribution in [0.5, 0.6) is 0 Å². The molecular formula is C15H15FN2O3S2. The van der Waals surface area contributed by atoms with Crippen LogP contribution < -0.4 is 5.32 Å². The summed E-state index contributed by atoms with van der Waals surface area (Å²) in [6, 6.07) is 5.56. The zero-order valence-electron chi connectivity index (χ0n) is 12.4. The van der Waals surface area contributed by atoms with Crippen molar-refractivity contribution in [1.29, 1.82) is 0 Å². The van der Waals surface area contributed by atoms with Gasteiger partial charge in [0.2, 0.25) is 0 Å². The summed E-state index contributed by atoms with van der Waals surface area (Å²) in [5.41, 5.74) is 1.31. The van der Waals surface area contributed by atoms with E-state index in [1.165, 1.54) is 23.5 Å². The Labute approximate surface area is 137 Å². The lowest BCUT2D eigenvalue weighted by Crippen LogP contribution is -2.35. The summed E-state index contributed by atoms with van der Waals surface area (Å²) in [4.78, 5) is 17.1. The van der Waals surface area contributed by atoms with E-state index in [0.717, 1.165) is 5.56 Å². The highest BCUT2D eigenvalue weighted by molar-refractivity contribution is 7.91. The third-order valence-electron chi connectivity index (χ3n) is 3.66. The van der Waals surface area contributed by atoms with Crippen LogP contribution in [0.25, 0.3) is 10.6 Å². The number of halogens is 1. The minimum absolute atomic E-state index is 0.0125. The van der Waals surface area contributed by atoms with Crippen LogP contribution in [0.2, 0.25) is 0 Å². The molecule has 0 radical (unpaired) electrons. The smallest absolute Gasteiger partial charge is 0.263 e. The van der Waals surface area contributed by atoms with Gasteiger partial charge in [0.1, 0.15) is 15.7 Å². The fraction of sp³-hybridized carbons (Fsp3) is 0.333. The number of sulfone groups is 1. The number of hydrogen-bond donors (Lipinski definition) is 1. The Morgan fingerprint density at radius 2 is 2.04 bits per heavy atom. The summed E-state index contributed by atoms with van der Waals surface area (Å²) in [5, 5.41) is 3.39. The Morgan fingerprint density at radius 1 is 1.35 bits per heavy atom. The average molecular weight is 354 g/mol. The fourth-order valence-electron chi connectivity index (χ4n) is 2.48. The molecule has 3 rings (SSSR count). The lowest BCUT2D eigenvalue weighted by Gasteiger charge is -2.09. The first-order valence-electron chi connectivity index (χ1n) is 7.09. The number of amides is 1. The number of carbonyl (C=O) groups is 1. The highest BCUT2D eigenvalue weighted by Crippen LogP contribution is 2.28. The normalized spacial score (nSPS) is 19.7. The van der Waals surface area contributed by atoms with E-state index in [2.05, 4.69) is 10.3 Å². The van der Waals surface area contributed by atoms with Crippen LogP contribution in [-0.4, -0.2) is 36.9 Å². The topological polar surface area (TPSA) is 76.1 Å². The Morgan fingerprint density at radius 3 is 2.65 bits per heavy atom. The highest BCUT2D eigenvalue weighted by atomic mass is 32.2. The summed E-state index contributed by atoms with van der Waals surface area (Å²) in [5.74, 6) is -0.542. The van der Waals surface area contributed by atoms with Gasteiger partial charge in [0.25, 0.3) is 5.91 Å². The second-order valence-corrected chi connectivity index (χ2v) is 8.74. The molecule has 1 fully saturated rings. The Bertz CT molecular complexity index is 844. The largest absolute Gasteiger partial charge is 0.347 e. The van der Waals surface area contributed by atoms with E-state index >= 15 is 0 Å². The van der Waals surface area contributed by atoms with E-state index in [9.17, 15) is 17.6 Å². The summed E-state index contributed by atoms with van der Waals surface area (Å²) in [6.45, 7) is 1.73. The fourth-order valence-corrected chi connectivity index (χ4v) is 5.13. The molecule has 1 aliphatic rings. The predicted molar refractivity (Wildman–Crippen MR) is 86.8 cm³/mol. The second kappa shape index (κ2) is 6.01. The highest BCUT2D eigenvalue weighted by Gasteiger charge is 2.30. The second-order valence-electron chi connectivity index (χ2n) is 5.51. The van der Waals surface area contributed by atoms with E-state index < -0.39 is 9.84 Å². The van der Waals surface area contributed by atoms with Crippen molar-refractivity contribution in [2.45, 2.75) is 19.4 Å². The molecule has 8 heteroatoms. The van der Waals surface area contributed by atoms with E-state index in [-0.39, 0.29) is 29.3 Å². The van der Waals surface area contributed by atoms with Gasteiger partial charge in [0.15, 0.2) is 9.84 Å². The van der Waals surface area contributed by atoms with Crippen LogP contribution in [0.1, 0.15) is 21.8 Å². The third-order valence-corrected chi connectivity index (χ3v) is 6.63.